The quantitative estimate of drug-likeness (QED) is 0.144. The molecule has 242 valence electrons. The smallest absolute Gasteiger partial charge is 0.307 e. The number of carbonyl (C=O) groups excluding carboxylic acids is 2. The minimum absolute atomic E-state index is 0.0105. The van der Waals surface area contributed by atoms with E-state index in [9.17, 15) is 9.59 Å². The molecule has 0 aromatic carbocycles. The van der Waals surface area contributed by atoms with E-state index in [1.807, 2.05) is 0 Å². The predicted octanol–water partition coefficient (Wildman–Crippen LogP) is 9.01. The molecule has 4 aliphatic carbocycles. The minimum Gasteiger partial charge on any atom is -0.466 e. The Morgan fingerprint density at radius 2 is 1.55 bits per heavy atom. The van der Waals surface area contributed by atoms with Crippen LogP contribution in [0.1, 0.15) is 156 Å². The van der Waals surface area contributed by atoms with E-state index in [2.05, 4.69) is 27.7 Å². The molecule has 5 heteroatoms. The van der Waals surface area contributed by atoms with E-state index in [0.29, 0.717) is 66.9 Å². The molecule has 2 N–H and O–H groups in total. The Morgan fingerprint density at radius 1 is 0.833 bits per heavy atom. The van der Waals surface area contributed by atoms with Gasteiger partial charge in [-0.25, -0.2) is 0 Å². The van der Waals surface area contributed by atoms with Gasteiger partial charge < -0.3 is 15.2 Å². The second kappa shape index (κ2) is 15.8. The summed E-state index contributed by atoms with van der Waals surface area (Å²) < 4.78 is 12.0. The lowest BCUT2D eigenvalue weighted by Gasteiger charge is -2.62. The third kappa shape index (κ3) is 7.75. The summed E-state index contributed by atoms with van der Waals surface area (Å²) in [5, 5.41) is 0. The molecule has 4 saturated carbocycles. The maximum absolute atomic E-state index is 12.7. The molecule has 0 aliphatic heterocycles. The minimum atomic E-state index is -0.0960. The van der Waals surface area contributed by atoms with E-state index in [0.717, 1.165) is 19.3 Å². The first-order valence-electron chi connectivity index (χ1n) is 18.3. The summed E-state index contributed by atoms with van der Waals surface area (Å²) >= 11 is 0. The summed E-state index contributed by atoms with van der Waals surface area (Å²) in [7, 11) is 0. The van der Waals surface area contributed by atoms with Gasteiger partial charge in [0.25, 0.3) is 0 Å². The van der Waals surface area contributed by atoms with Crippen LogP contribution in [-0.4, -0.2) is 31.2 Å². The fourth-order valence-electron chi connectivity index (χ4n) is 10.7. The van der Waals surface area contributed by atoms with Gasteiger partial charge in [0.05, 0.1) is 13.0 Å². The van der Waals surface area contributed by atoms with Crippen LogP contribution >= 0.6 is 0 Å². The fraction of sp³-hybridized carbons (Fsp3) is 0.946. The number of ether oxygens (including phenoxy) is 2. The number of hydrogen-bond acceptors (Lipinski definition) is 5. The highest BCUT2D eigenvalue weighted by Crippen LogP contribution is 2.68. The largest absolute Gasteiger partial charge is 0.466 e. The van der Waals surface area contributed by atoms with Crippen LogP contribution in [0.4, 0.5) is 0 Å². The van der Waals surface area contributed by atoms with Crippen LogP contribution < -0.4 is 5.73 Å². The summed E-state index contributed by atoms with van der Waals surface area (Å²) in [6, 6.07) is 0. The monoisotopic (exact) mass is 587 g/mol. The molecule has 0 aromatic heterocycles. The Balaban J connectivity index is 1.30. The van der Waals surface area contributed by atoms with Crippen molar-refractivity contribution in [2.75, 3.05) is 13.2 Å². The standard InChI is InChI=1S/C37H65NO4/c1-5-6-7-8-9-10-11-14-25-41-33(39)19-16-27(2)29-17-18-30-35-31(20-23-37(29,30)4)36(3)22-13-12-15-28(36)26-32(35)42-34(40)21-24-38/h27-32,35H,5-26,38H2,1-4H3/t27-,28?,29?,30?,31?,32?,35?,36?,37?/m1/s1. The van der Waals surface area contributed by atoms with E-state index in [4.69, 9.17) is 15.2 Å². The Kier molecular flexibility index (Phi) is 12.7. The van der Waals surface area contributed by atoms with E-state index < -0.39 is 0 Å². The predicted molar refractivity (Wildman–Crippen MR) is 171 cm³/mol. The van der Waals surface area contributed by atoms with E-state index in [1.165, 1.54) is 96.3 Å². The van der Waals surface area contributed by atoms with Crippen molar-refractivity contribution < 1.29 is 19.1 Å². The highest BCUT2D eigenvalue weighted by atomic mass is 16.5. The third-order valence-corrected chi connectivity index (χ3v) is 13.0. The van der Waals surface area contributed by atoms with Crippen LogP contribution in [0.25, 0.3) is 0 Å². The number of unbranched alkanes of at least 4 members (excludes halogenated alkanes) is 7. The van der Waals surface area contributed by atoms with Crippen LogP contribution in [0.5, 0.6) is 0 Å². The summed E-state index contributed by atoms with van der Waals surface area (Å²) in [5.74, 6) is 3.44. The van der Waals surface area contributed by atoms with Crippen LogP contribution in [0.15, 0.2) is 0 Å². The summed E-state index contributed by atoms with van der Waals surface area (Å²) in [6.45, 7) is 10.7. The van der Waals surface area contributed by atoms with Gasteiger partial charge in [0, 0.05) is 18.9 Å². The molecule has 0 aromatic rings. The molecule has 0 spiro atoms. The van der Waals surface area contributed by atoms with Crippen molar-refractivity contribution >= 4 is 11.9 Å². The number of fused-ring (bicyclic) bond motifs is 5. The first-order chi connectivity index (χ1) is 20.2. The van der Waals surface area contributed by atoms with Crippen molar-refractivity contribution in [1.82, 2.24) is 0 Å². The van der Waals surface area contributed by atoms with Crippen LogP contribution in [0, 0.1) is 46.3 Å². The van der Waals surface area contributed by atoms with E-state index in [-0.39, 0.29) is 23.5 Å². The van der Waals surface area contributed by atoms with Crippen molar-refractivity contribution in [2.45, 2.75) is 162 Å². The second-order valence-corrected chi connectivity index (χ2v) is 15.5. The zero-order chi connectivity index (χ0) is 30.2. The highest BCUT2D eigenvalue weighted by molar-refractivity contribution is 5.70. The summed E-state index contributed by atoms with van der Waals surface area (Å²) in [6.07, 6.45) is 23.3. The lowest BCUT2D eigenvalue weighted by Crippen LogP contribution is -2.58. The SMILES string of the molecule is CCCCCCCCCCOC(=O)CC[C@@H](C)C1CCC2C3C(OC(=O)CCN)CC4CCCCC4(C)C3CCC21C. The van der Waals surface area contributed by atoms with Crippen LogP contribution in [-0.2, 0) is 19.1 Å². The van der Waals surface area contributed by atoms with Gasteiger partial charge in [-0.3, -0.25) is 9.59 Å². The number of esters is 2. The zero-order valence-corrected chi connectivity index (χ0v) is 27.8. The summed E-state index contributed by atoms with van der Waals surface area (Å²) in [5.41, 5.74) is 6.39. The van der Waals surface area contributed by atoms with Gasteiger partial charge in [0.1, 0.15) is 6.10 Å². The molecule has 0 saturated heterocycles. The molecule has 0 bridgehead atoms. The van der Waals surface area contributed by atoms with Crippen molar-refractivity contribution in [3.63, 3.8) is 0 Å². The van der Waals surface area contributed by atoms with Crippen molar-refractivity contribution in [1.29, 1.82) is 0 Å². The molecular weight excluding hydrogens is 522 g/mol. The normalized spacial score (nSPS) is 36.4. The molecule has 5 nitrogen and oxygen atoms in total. The van der Waals surface area contributed by atoms with Crippen molar-refractivity contribution in [2.24, 2.45) is 52.1 Å². The molecule has 8 unspecified atom stereocenters. The number of hydrogen-bond donors (Lipinski definition) is 1. The molecular formula is C37H65NO4. The van der Waals surface area contributed by atoms with Gasteiger partial charge >= 0.3 is 11.9 Å². The molecule has 4 rings (SSSR count). The van der Waals surface area contributed by atoms with Gasteiger partial charge in [-0.2, -0.15) is 0 Å². The first kappa shape index (κ1) is 33.8. The van der Waals surface area contributed by atoms with Crippen LogP contribution in [0.3, 0.4) is 0 Å². The highest BCUT2D eigenvalue weighted by Gasteiger charge is 2.63. The topological polar surface area (TPSA) is 78.6 Å². The molecule has 0 heterocycles. The van der Waals surface area contributed by atoms with Crippen molar-refractivity contribution in [3.05, 3.63) is 0 Å². The molecule has 4 aliphatic rings. The van der Waals surface area contributed by atoms with Gasteiger partial charge in [-0.1, -0.05) is 85.5 Å². The number of rotatable bonds is 16. The average molecular weight is 588 g/mol. The Hall–Kier alpha value is -1.10. The Bertz CT molecular complexity index is 861. The van der Waals surface area contributed by atoms with E-state index >= 15 is 0 Å². The second-order valence-electron chi connectivity index (χ2n) is 15.5. The van der Waals surface area contributed by atoms with Gasteiger partial charge in [-0.05, 0) is 98.2 Å². The summed E-state index contributed by atoms with van der Waals surface area (Å²) in [4.78, 5) is 25.4. The maximum atomic E-state index is 12.7. The van der Waals surface area contributed by atoms with Crippen molar-refractivity contribution in [3.8, 4) is 0 Å². The molecule has 4 fully saturated rings. The third-order valence-electron chi connectivity index (χ3n) is 13.0. The molecule has 9 atom stereocenters. The Labute approximate surface area is 258 Å². The fourth-order valence-corrected chi connectivity index (χ4v) is 10.7. The molecule has 42 heavy (non-hydrogen) atoms. The maximum Gasteiger partial charge on any atom is 0.307 e. The van der Waals surface area contributed by atoms with Gasteiger partial charge in [0.2, 0.25) is 0 Å². The molecule has 0 radical (unpaired) electrons. The first-order valence-corrected chi connectivity index (χ1v) is 18.3. The van der Waals surface area contributed by atoms with Crippen LogP contribution in [0.2, 0.25) is 0 Å². The lowest BCUT2D eigenvalue weighted by molar-refractivity contribution is -0.190. The average Bonchev–Trinajstić information content (AvgIpc) is 3.32. The lowest BCUT2D eigenvalue weighted by atomic mass is 9.44. The number of carbonyl (C=O) groups is 2. The zero-order valence-electron chi connectivity index (χ0n) is 27.8. The van der Waals surface area contributed by atoms with E-state index in [1.54, 1.807) is 0 Å². The van der Waals surface area contributed by atoms with Gasteiger partial charge in [0.15, 0.2) is 0 Å². The van der Waals surface area contributed by atoms with Gasteiger partial charge in [-0.15, -0.1) is 0 Å². The Morgan fingerprint density at radius 3 is 2.29 bits per heavy atom. The number of nitrogens with two attached hydrogens (primary N) is 1. The molecule has 0 amide bonds.